The normalized spacial score (nSPS) is 14.1. The number of amides is 1. The van der Waals surface area contributed by atoms with E-state index in [0.717, 1.165) is 52.4 Å². The van der Waals surface area contributed by atoms with Crippen molar-refractivity contribution in [2.45, 2.75) is 0 Å². The second kappa shape index (κ2) is 11.6. The molecule has 0 bridgehead atoms. The van der Waals surface area contributed by atoms with Crippen LogP contribution in [0, 0.1) is 6.57 Å². The molecule has 2 N–H and O–H groups in total. The third kappa shape index (κ3) is 5.44. The SMILES string of the molecule is [C-]#[N+]/C(=C\c1cccc(-n2cc(-c3ccc(Oc4ccccc4)cc3)c3c(N)ncnc32)c1)C(=O)N1CCN(C)CC1. The number of carbonyl (C=O) groups excluding carboxylic acids is 1. The highest BCUT2D eigenvalue weighted by molar-refractivity contribution is 6.02. The Morgan fingerprint density at radius 2 is 1.69 bits per heavy atom. The predicted octanol–water partition coefficient (Wildman–Crippen LogP) is 5.50. The van der Waals surface area contributed by atoms with E-state index < -0.39 is 0 Å². The molecule has 208 valence electrons. The summed E-state index contributed by atoms with van der Waals surface area (Å²) < 4.78 is 7.91. The number of hydrogen-bond acceptors (Lipinski definition) is 6. The molecule has 1 aliphatic rings. The average molecular weight is 556 g/mol. The first kappa shape index (κ1) is 26.7. The van der Waals surface area contributed by atoms with Gasteiger partial charge in [-0.05, 0) is 60.6 Å². The van der Waals surface area contributed by atoms with Crippen molar-refractivity contribution >= 4 is 28.8 Å². The van der Waals surface area contributed by atoms with E-state index in [0.29, 0.717) is 24.6 Å². The van der Waals surface area contributed by atoms with Crippen LogP contribution in [0.2, 0.25) is 0 Å². The van der Waals surface area contributed by atoms with Crippen molar-refractivity contribution in [2.24, 2.45) is 0 Å². The number of anilines is 1. The van der Waals surface area contributed by atoms with Crippen molar-refractivity contribution in [1.82, 2.24) is 24.3 Å². The molecule has 0 atom stereocenters. The highest BCUT2D eigenvalue weighted by Crippen LogP contribution is 2.35. The predicted molar refractivity (Wildman–Crippen MR) is 164 cm³/mol. The van der Waals surface area contributed by atoms with Crippen molar-refractivity contribution < 1.29 is 9.53 Å². The van der Waals surface area contributed by atoms with E-state index in [1.54, 1.807) is 11.0 Å². The second-order valence-electron chi connectivity index (χ2n) is 10.1. The Morgan fingerprint density at radius 3 is 2.43 bits per heavy atom. The fraction of sp³-hybridized carbons (Fsp3) is 0.152. The van der Waals surface area contributed by atoms with Gasteiger partial charge in [-0.2, -0.15) is 0 Å². The summed E-state index contributed by atoms with van der Waals surface area (Å²) in [5.41, 5.74) is 10.5. The number of hydrogen-bond donors (Lipinski definition) is 1. The van der Waals surface area contributed by atoms with E-state index in [9.17, 15) is 4.79 Å². The van der Waals surface area contributed by atoms with Gasteiger partial charge in [0.15, 0.2) is 5.65 Å². The van der Waals surface area contributed by atoms with Crippen molar-refractivity contribution in [3.05, 3.63) is 114 Å². The highest BCUT2D eigenvalue weighted by atomic mass is 16.5. The van der Waals surface area contributed by atoms with Crippen LogP contribution in [0.4, 0.5) is 5.82 Å². The first-order chi connectivity index (χ1) is 20.5. The molecule has 1 fully saturated rings. The van der Waals surface area contributed by atoms with Crippen molar-refractivity contribution in [1.29, 1.82) is 0 Å². The molecule has 0 spiro atoms. The number of likely N-dealkylation sites (N-methyl/N-ethyl adjacent to an activating group) is 1. The highest BCUT2D eigenvalue weighted by Gasteiger charge is 2.23. The van der Waals surface area contributed by atoms with Crippen molar-refractivity contribution in [3.8, 4) is 28.3 Å². The summed E-state index contributed by atoms with van der Waals surface area (Å²) in [4.78, 5) is 29.4. The number of rotatable bonds is 6. The minimum absolute atomic E-state index is 0.0964. The molecular weight excluding hydrogens is 526 g/mol. The van der Waals surface area contributed by atoms with Crippen LogP contribution in [0.15, 0.2) is 97.1 Å². The van der Waals surface area contributed by atoms with Gasteiger partial charge in [-0.25, -0.2) is 14.8 Å². The number of ether oxygens (including phenoxy) is 1. The smallest absolute Gasteiger partial charge is 0.252 e. The Hall–Kier alpha value is -5.46. The molecule has 9 nitrogen and oxygen atoms in total. The van der Waals surface area contributed by atoms with Crippen molar-refractivity contribution in [2.75, 3.05) is 39.0 Å². The van der Waals surface area contributed by atoms with Gasteiger partial charge in [-0.3, -0.25) is 4.79 Å². The molecule has 0 unspecified atom stereocenters. The molecule has 0 radical (unpaired) electrons. The second-order valence-corrected chi connectivity index (χ2v) is 10.1. The molecule has 5 aromatic rings. The zero-order chi connectivity index (χ0) is 29.1. The summed E-state index contributed by atoms with van der Waals surface area (Å²) in [5.74, 6) is 1.62. The van der Waals surface area contributed by atoms with E-state index in [2.05, 4.69) is 19.7 Å². The van der Waals surface area contributed by atoms with Crippen LogP contribution in [0.5, 0.6) is 11.5 Å². The van der Waals surface area contributed by atoms with Crippen LogP contribution in [-0.4, -0.2) is 63.5 Å². The van der Waals surface area contributed by atoms with Gasteiger partial charge in [0.2, 0.25) is 0 Å². The molecule has 1 aliphatic heterocycles. The van der Waals surface area contributed by atoms with Gasteiger partial charge in [0.1, 0.15) is 23.6 Å². The number of nitrogens with zero attached hydrogens (tertiary/aromatic N) is 6. The zero-order valence-corrected chi connectivity index (χ0v) is 23.1. The van der Waals surface area contributed by atoms with E-state index in [4.69, 9.17) is 17.0 Å². The lowest BCUT2D eigenvalue weighted by molar-refractivity contribution is -0.128. The van der Waals surface area contributed by atoms with Gasteiger partial charge in [0.25, 0.3) is 11.6 Å². The number of nitrogen functional groups attached to an aromatic ring is 1. The maximum atomic E-state index is 13.1. The topological polar surface area (TPSA) is 93.9 Å². The monoisotopic (exact) mass is 555 g/mol. The standard InChI is InChI=1S/C33H29N7O2/c1-35-29(33(41)39-17-15-38(2)16-18-39)20-23-7-6-8-25(19-23)40-21-28(30-31(34)36-22-37-32(30)40)24-11-13-27(14-12-24)42-26-9-4-3-5-10-26/h3-14,19-22H,15-18H2,2H3,(H2,34,36,37)/b29-20-. The molecule has 3 aromatic carbocycles. The lowest BCUT2D eigenvalue weighted by Gasteiger charge is -2.32. The maximum absolute atomic E-state index is 13.1. The van der Waals surface area contributed by atoms with Gasteiger partial charge >= 0.3 is 0 Å². The van der Waals surface area contributed by atoms with Crippen LogP contribution in [0.3, 0.4) is 0 Å². The number of carbonyl (C=O) groups is 1. The minimum Gasteiger partial charge on any atom is -0.457 e. The Balaban J connectivity index is 1.33. The Morgan fingerprint density at radius 1 is 0.952 bits per heavy atom. The van der Waals surface area contributed by atoms with E-state index >= 15 is 0 Å². The molecular formula is C33H29N7O2. The summed E-state index contributed by atoms with van der Waals surface area (Å²) in [6, 6.07) is 25.1. The largest absolute Gasteiger partial charge is 0.457 e. The summed E-state index contributed by atoms with van der Waals surface area (Å²) in [6.07, 6.45) is 5.08. The first-order valence-electron chi connectivity index (χ1n) is 13.6. The summed E-state index contributed by atoms with van der Waals surface area (Å²) in [5, 5.41) is 0.738. The summed E-state index contributed by atoms with van der Waals surface area (Å²) in [7, 11) is 2.03. The van der Waals surface area contributed by atoms with E-state index in [-0.39, 0.29) is 11.6 Å². The quantitative estimate of drug-likeness (QED) is 0.220. The molecule has 0 saturated carbocycles. The molecule has 9 heteroatoms. The first-order valence-corrected chi connectivity index (χ1v) is 13.6. The number of piperazine rings is 1. The van der Waals surface area contributed by atoms with E-state index in [1.165, 1.54) is 6.33 Å². The van der Waals surface area contributed by atoms with Gasteiger partial charge in [0, 0.05) is 43.6 Å². The average Bonchev–Trinajstić information content (AvgIpc) is 3.42. The summed E-state index contributed by atoms with van der Waals surface area (Å²) >= 11 is 0. The van der Waals surface area contributed by atoms with Crippen LogP contribution in [-0.2, 0) is 4.79 Å². The van der Waals surface area contributed by atoms with Crippen LogP contribution in [0.25, 0.3) is 38.8 Å². The maximum Gasteiger partial charge on any atom is 0.252 e. The molecule has 2 aromatic heterocycles. The lowest BCUT2D eigenvalue weighted by atomic mass is 10.1. The third-order valence-electron chi connectivity index (χ3n) is 7.34. The molecule has 1 saturated heterocycles. The number of aromatic nitrogens is 3. The fourth-order valence-corrected chi connectivity index (χ4v) is 5.06. The van der Waals surface area contributed by atoms with Gasteiger partial charge < -0.3 is 24.8 Å². The van der Waals surface area contributed by atoms with Crippen LogP contribution < -0.4 is 10.5 Å². The molecule has 3 heterocycles. The number of nitrogens with two attached hydrogens (primary N) is 1. The van der Waals surface area contributed by atoms with Crippen LogP contribution in [0.1, 0.15) is 5.56 Å². The van der Waals surface area contributed by atoms with Gasteiger partial charge in [0.05, 0.1) is 12.0 Å². The molecule has 1 amide bonds. The number of para-hydroxylation sites is 1. The Bertz CT molecular complexity index is 1810. The van der Waals surface area contributed by atoms with Crippen LogP contribution >= 0.6 is 0 Å². The molecule has 42 heavy (non-hydrogen) atoms. The van der Waals surface area contributed by atoms with Gasteiger partial charge in [-0.1, -0.05) is 42.5 Å². The Kier molecular flexibility index (Phi) is 7.37. The zero-order valence-electron chi connectivity index (χ0n) is 23.1. The third-order valence-corrected chi connectivity index (χ3v) is 7.34. The van der Waals surface area contributed by atoms with Gasteiger partial charge in [-0.15, -0.1) is 0 Å². The number of benzene rings is 3. The minimum atomic E-state index is -0.239. The number of fused-ring (bicyclic) bond motifs is 1. The molecule has 6 rings (SSSR count). The molecule has 0 aliphatic carbocycles. The summed E-state index contributed by atoms with van der Waals surface area (Å²) in [6.45, 7) is 10.5. The Labute approximate surface area is 243 Å². The van der Waals surface area contributed by atoms with E-state index in [1.807, 2.05) is 96.7 Å². The lowest BCUT2D eigenvalue weighted by Crippen LogP contribution is -2.47. The fourth-order valence-electron chi connectivity index (χ4n) is 5.06. The van der Waals surface area contributed by atoms with Crippen molar-refractivity contribution in [3.63, 3.8) is 0 Å².